The molecule has 6 heteroatoms. The molecule has 21 heavy (non-hydrogen) atoms. The van der Waals surface area contributed by atoms with Crippen LogP contribution in [0.3, 0.4) is 0 Å². The van der Waals surface area contributed by atoms with Crippen LogP contribution in [0, 0.1) is 11.7 Å². The van der Waals surface area contributed by atoms with Gasteiger partial charge in [-0.1, -0.05) is 25.0 Å². The van der Waals surface area contributed by atoms with Crippen LogP contribution < -0.4 is 5.32 Å². The first-order chi connectivity index (χ1) is 10.1. The van der Waals surface area contributed by atoms with Gasteiger partial charge in [0.25, 0.3) is 0 Å². The van der Waals surface area contributed by atoms with Gasteiger partial charge in [0.15, 0.2) is 0 Å². The quantitative estimate of drug-likeness (QED) is 0.821. The zero-order chi connectivity index (χ0) is 15.2. The van der Waals surface area contributed by atoms with Crippen molar-refractivity contribution in [2.75, 3.05) is 5.75 Å². The van der Waals surface area contributed by atoms with Crippen molar-refractivity contribution >= 4 is 23.6 Å². The molecule has 4 nitrogen and oxygen atoms in total. The molecule has 2 atom stereocenters. The molecule has 1 aliphatic rings. The van der Waals surface area contributed by atoms with E-state index in [2.05, 4.69) is 5.32 Å². The molecule has 1 fully saturated rings. The molecular weight excluding hydrogens is 293 g/mol. The first-order valence-electron chi connectivity index (χ1n) is 6.97. The fraction of sp³-hybridized carbons (Fsp3) is 0.467. The molecule has 0 saturated heterocycles. The van der Waals surface area contributed by atoms with Gasteiger partial charge in [-0.15, -0.1) is 11.8 Å². The van der Waals surface area contributed by atoms with Crippen LogP contribution in [-0.4, -0.2) is 28.8 Å². The van der Waals surface area contributed by atoms with Crippen molar-refractivity contribution in [3.8, 4) is 0 Å². The molecule has 0 bridgehead atoms. The number of thioether (sulfide) groups is 1. The molecule has 0 heterocycles. The highest BCUT2D eigenvalue weighted by molar-refractivity contribution is 8.00. The number of aliphatic carboxylic acids is 1. The summed E-state index contributed by atoms with van der Waals surface area (Å²) < 4.78 is 13.4. The van der Waals surface area contributed by atoms with Gasteiger partial charge in [-0.2, -0.15) is 0 Å². The van der Waals surface area contributed by atoms with E-state index in [1.165, 1.54) is 6.07 Å². The van der Waals surface area contributed by atoms with E-state index < -0.39 is 11.9 Å². The van der Waals surface area contributed by atoms with Gasteiger partial charge < -0.3 is 10.4 Å². The van der Waals surface area contributed by atoms with Crippen LogP contribution in [0.25, 0.3) is 0 Å². The second-order valence-corrected chi connectivity index (χ2v) is 6.14. The first kappa shape index (κ1) is 15.8. The molecule has 2 rings (SSSR count). The van der Waals surface area contributed by atoms with Gasteiger partial charge in [0.1, 0.15) is 5.82 Å². The molecule has 114 valence electrons. The van der Waals surface area contributed by atoms with Crippen LogP contribution >= 0.6 is 11.8 Å². The summed E-state index contributed by atoms with van der Waals surface area (Å²) in [4.78, 5) is 23.5. The van der Waals surface area contributed by atoms with E-state index >= 15 is 0 Å². The van der Waals surface area contributed by atoms with Crippen molar-refractivity contribution in [2.24, 2.45) is 5.92 Å². The van der Waals surface area contributed by atoms with Gasteiger partial charge in [0.2, 0.25) is 5.91 Å². The molecule has 1 aliphatic carbocycles. The number of benzene rings is 1. The standard InChI is InChI=1S/C15H18FNO3S/c16-11-6-2-4-8-13(11)21-9-14(18)17-12-7-3-1-5-10(12)15(19)20/h2,4,6,8,10,12H,1,3,5,7,9H2,(H,17,18)(H,19,20)/t10-,12-/m0/s1. The van der Waals surface area contributed by atoms with Crippen molar-refractivity contribution in [3.05, 3.63) is 30.1 Å². The van der Waals surface area contributed by atoms with E-state index in [4.69, 9.17) is 5.11 Å². The average Bonchev–Trinajstić information content (AvgIpc) is 2.47. The van der Waals surface area contributed by atoms with E-state index in [0.29, 0.717) is 17.7 Å². The second-order valence-electron chi connectivity index (χ2n) is 5.12. The maximum Gasteiger partial charge on any atom is 0.308 e. The van der Waals surface area contributed by atoms with Gasteiger partial charge in [0, 0.05) is 10.9 Å². The fourth-order valence-electron chi connectivity index (χ4n) is 2.55. The number of carbonyl (C=O) groups excluding carboxylic acids is 1. The highest BCUT2D eigenvalue weighted by atomic mass is 32.2. The number of carboxylic acids is 1. The molecule has 1 saturated carbocycles. The minimum absolute atomic E-state index is 0.0871. The van der Waals surface area contributed by atoms with Crippen LogP contribution in [-0.2, 0) is 9.59 Å². The Kier molecular flexibility index (Phi) is 5.61. The highest BCUT2D eigenvalue weighted by Crippen LogP contribution is 2.25. The van der Waals surface area contributed by atoms with Crippen molar-refractivity contribution in [1.82, 2.24) is 5.32 Å². The first-order valence-corrected chi connectivity index (χ1v) is 7.96. The minimum atomic E-state index is -0.859. The van der Waals surface area contributed by atoms with E-state index in [-0.39, 0.29) is 23.5 Å². The van der Waals surface area contributed by atoms with Crippen molar-refractivity contribution < 1.29 is 19.1 Å². The summed E-state index contributed by atoms with van der Waals surface area (Å²) >= 11 is 1.12. The Morgan fingerprint density at radius 1 is 1.29 bits per heavy atom. The Morgan fingerprint density at radius 2 is 2.00 bits per heavy atom. The van der Waals surface area contributed by atoms with Crippen molar-refractivity contribution in [2.45, 2.75) is 36.6 Å². The number of hydrogen-bond acceptors (Lipinski definition) is 3. The van der Waals surface area contributed by atoms with Crippen LogP contribution in [0.1, 0.15) is 25.7 Å². The third-order valence-electron chi connectivity index (χ3n) is 3.62. The molecule has 1 amide bonds. The van der Waals surface area contributed by atoms with Gasteiger partial charge in [-0.25, -0.2) is 4.39 Å². The predicted molar refractivity (Wildman–Crippen MR) is 78.6 cm³/mol. The Balaban J connectivity index is 1.86. The largest absolute Gasteiger partial charge is 0.481 e. The number of amides is 1. The summed E-state index contributed by atoms with van der Waals surface area (Å²) in [5.41, 5.74) is 0. The lowest BCUT2D eigenvalue weighted by Crippen LogP contribution is -2.45. The number of carboxylic acid groups (broad SMARTS) is 1. The smallest absolute Gasteiger partial charge is 0.308 e. The molecule has 0 aromatic heterocycles. The number of hydrogen-bond donors (Lipinski definition) is 2. The third kappa shape index (κ3) is 4.46. The maximum absolute atomic E-state index is 13.4. The molecule has 0 radical (unpaired) electrons. The maximum atomic E-state index is 13.4. The van der Waals surface area contributed by atoms with E-state index in [1.54, 1.807) is 18.2 Å². The minimum Gasteiger partial charge on any atom is -0.481 e. The SMILES string of the molecule is O=C(CSc1ccccc1F)N[C@H]1CCCC[C@@H]1C(=O)O. The Hall–Kier alpha value is -1.56. The Bertz CT molecular complexity index is 523. The number of carbonyl (C=O) groups is 2. The molecule has 0 unspecified atom stereocenters. The van der Waals surface area contributed by atoms with E-state index in [0.717, 1.165) is 24.6 Å². The summed E-state index contributed by atoms with van der Waals surface area (Å²) in [6, 6.07) is 5.96. The molecule has 0 aliphatic heterocycles. The normalized spacial score (nSPS) is 21.8. The van der Waals surface area contributed by atoms with Crippen molar-refractivity contribution in [1.29, 1.82) is 0 Å². The van der Waals surface area contributed by atoms with Crippen LogP contribution in [0.5, 0.6) is 0 Å². The van der Waals surface area contributed by atoms with E-state index in [9.17, 15) is 14.0 Å². The van der Waals surface area contributed by atoms with E-state index in [1.807, 2.05) is 0 Å². The predicted octanol–water partition coefficient (Wildman–Crippen LogP) is 2.68. The van der Waals surface area contributed by atoms with Gasteiger partial charge >= 0.3 is 5.97 Å². The van der Waals surface area contributed by atoms with Crippen LogP contribution in [0.2, 0.25) is 0 Å². The summed E-state index contributed by atoms with van der Waals surface area (Å²) in [5, 5.41) is 11.9. The third-order valence-corrected chi connectivity index (χ3v) is 4.67. The zero-order valence-electron chi connectivity index (χ0n) is 11.5. The molecular formula is C15H18FNO3S. The monoisotopic (exact) mass is 311 g/mol. The summed E-state index contributed by atoms with van der Waals surface area (Å²) in [7, 11) is 0. The van der Waals surface area contributed by atoms with Gasteiger partial charge in [-0.3, -0.25) is 9.59 Å². The Labute approximate surface area is 127 Å². The lowest BCUT2D eigenvalue weighted by atomic mass is 9.84. The molecule has 1 aromatic carbocycles. The Morgan fingerprint density at radius 3 is 2.71 bits per heavy atom. The van der Waals surface area contributed by atoms with Gasteiger partial charge in [-0.05, 0) is 25.0 Å². The zero-order valence-corrected chi connectivity index (χ0v) is 12.4. The summed E-state index contributed by atoms with van der Waals surface area (Å²) in [6.45, 7) is 0. The molecule has 0 spiro atoms. The summed E-state index contributed by atoms with van der Waals surface area (Å²) in [5.74, 6) is -1.88. The van der Waals surface area contributed by atoms with Gasteiger partial charge in [0.05, 0.1) is 11.7 Å². The lowest BCUT2D eigenvalue weighted by molar-refractivity contribution is -0.144. The topological polar surface area (TPSA) is 66.4 Å². The summed E-state index contributed by atoms with van der Waals surface area (Å²) in [6.07, 6.45) is 3.09. The molecule has 2 N–H and O–H groups in total. The average molecular weight is 311 g/mol. The fourth-order valence-corrected chi connectivity index (χ4v) is 3.30. The second kappa shape index (κ2) is 7.45. The van der Waals surface area contributed by atoms with Crippen LogP contribution in [0.4, 0.5) is 4.39 Å². The van der Waals surface area contributed by atoms with Crippen molar-refractivity contribution in [3.63, 3.8) is 0 Å². The van der Waals surface area contributed by atoms with Crippen LogP contribution in [0.15, 0.2) is 29.2 Å². The molecule has 1 aromatic rings. The number of halogens is 1. The number of nitrogens with one attached hydrogen (secondary N) is 1. The highest BCUT2D eigenvalue weighted by Gasteiger charge is 2.31. The number of rotatable bonds is 5. The lowest BCUT2D eigenvalue weighted by Gasteiger charge is -2.29.